The molecule has 1 aliphatic heterocycles. The van der Waals surface area contributed by atoms with E-state index in [4.69, 9.17) is 4.74 Å². The van der Waals surface area contributed by atoms with E-state index in [0.29, 0.717) is 5.56 Å². The summed E-state index contributed by atoms with van der Waals surface area (Å²) in [4.78, 5) is 19.1. The van der Waals surface area contributed by atoms with Crippen molar-refractivity contribution < 1.29 is 9.53 Å². The molecule has 25 heavy (non-hydrogen) atoms. The number of amides is 1. The lowest BCUT2D eigenvalue weighted by atomic mass is 10.2. The van der Waals surface area contributed by atoms with Crippen LogP contribution in [0, 0.1) is 0 Å². The number of fused-ring (bicyclic) bond motifs is 1. The van der Waals surface area contributed by atoms with Crippen LogP contribution in [0.1, 0.15) is 22.2 Å². The van der Waals surface area contributed by atoms with E-state index in [-0.39, 0.29) is 12.1 Å². The van der Waals surface area contributed by atoms with Gasteiger partial charge in [-0.25, -0.2) is 0 Å². The smallest absolute Gasteiger partial charge is 0.262 e. The molecule has 5 heteroatoms. The maximum Gasteiger partial charge on any atom is 0.262 e. The number of pyridine rings is 1. The van der Waals surface area contributed by atoms with Crippen LogP contribution in [0.15, 0.2) is 72.9 Å². The summed E-state index contributed by atoms with van der Waals surface area (Å²) in [6, 6.07) is 20.8. The number of nitrogens with one attached hydrogen (secondary N) is 1. The van der Waals surface area contributed by atoms with Crippen molar-refractivity contribution >= 4 is 17.3 Å². The van der Waals surface area contributed by atoms with Crippen molar-refractivity contribution in [2.45, 2.75) is 6.17 Å². The molecule has 0 saturated heterocycles. The number of nitrogens with zero attached hydrogens (tertiary/aromatic N) is 2. The lowest BCUT2D eigenvalue weighted by Gasteiger charge is -2.26. The van der Waals surface area contributed by atoms with Crippen LogP contribution in [0.25, 0.3) is 0 Å². The quantitative estimate of drug-likeness (QED) is 0.789. The first-order chi connectivity index (χ1) is 12.3. The van der Waals surface area contributed by atoms with Gasteiger partial charge >= 0.3 is 0 Å². The fraction of sp³-hybridized carbons (Fsp3) is 0.100. The van der Waals surface area contributed by atoms with Gasteiger partial charge in [-0.15, -0.1) is 0 Å². The van der Waals surface area contributed by atoms with E-state index in [1.54, 1.807) is 24.3 Å². The second-order valence-corrected chi connectivity index (χ2v) is 5.72. The first-order valence-electron chi connectivity index (χ1n) is 8.02. The van der Waals surface area contributed by atoms with Crippen LogP contribution >= 0.6 is 0 Å². The van der Waals surface area contributed by atoms with E-state index in [1.165, 1.54) is 0 Å². The summed E-state index contributed by atoms with van der Waals surface area (Å²) < 4.78 is 5.20. The van der Waals surface area contributed by atoms with Crippen LogP contribution in [0.2, 0.25) is 0 Å². The van der Waals surface area contributed by atoms with Gasteiger partial charge in [0.2, 0.25) is 0 Å². The van der Waals surface area contributed by atoms with Gasteiger partial charge in [-0.05, 0) is 48.5 Å². The Bertz CT molecular complexity index is 894. The Morgan fingerprint density at radius 2 is 1.76 bits per heavy atom. The zero-order chi connectivity index (χ0) is 17.2. The van der Waals surface area contributed by atoms with Gasteiger partial charge in [0, 0.05) is 17.6 Å². The molecule has 3 aromatic rings. The van der Waals surface area contributed by atoms with Crippen LogP contribution in [-0.4, -0.2) is 18.0 Å². The van der Waals surface area contributed by atoms with Gasteiger partial charge < -0.3 is 10.1 Å². The van der Waals surface area contributed by atoms with E-state index in [1.807, 2.05) is 60.7 Å². The van der Waals surface area contributed by atoms with Gasteiger partial charge in [0.05, 0.1) is 18.4 Å². The van der Waals surface area contributed by atoms with E-state index in [0.717, 1.165) is 22.8 Å². The Morgan fingerprint density at radius 1 is 1.00 bits per heavy atom. The van der Waals surface area contributed by atoms with Crippen LogP contribution in [0.5, 0.6) is 5.75 Å². The van der Waals surface area contributed by atoms with E-state index >= 15 is 0 Å². The molecule has 1 amide bonds. The zero-order valence-corrected chi connectivity index (χ0v) is 13.7. The predicted molar refractivity (Wildman–Crippen MR) is 96.8 cm³/mol. The van der Waals surface area contributed by atoms with Crippen molar-refractivity contribution in [3.63, 3.8) is 0 Å². The minimum Gasteiger partial charge on any atom is -0.497 e. The van der Waals surface area contributed by atoms with Crippen LogP contribution in [0.4, 0.5) is 11.4 Å². The molecule has 0 fully saturated rings. The molecule has 5 nitrogen and oxygen atoms in total. The van der Waals surface area contributed by atoms with Crippen molar-refractivity contribution in [3.8, 4) is 5.75 Å². The van der Waals surface area contributed by atoms with E-state index < -0.39 is 0 Å². The molecule has 0 saturated carbocycles. The molecule has 2 aromatic carbocycles. The largest absolute Gasteiger partial charge is 0.497 e. The minimum absolute atomic E-state index is 0.0553. The highest BCUT2D eigenvalue weighted by molar-refractivity contribution is 6.11. The summed E-state index contributed by atoms with van der Waals surface area (Å²) in [7, 11) is 1.63. The molecule has 4 rings (SSSR count). The van der Waals surface area contributed by atoms with Gasteiger partial charge in [0.25, 0.3) is 5.91 Å². The summed E-state index contributed by atoms with van der Waals surface area (Å²) in [6.07, 6.45) is 1.35. The Labute approximate surface area is 145 Å². The summed E-state index contributed by atoms with van der Waals surface area (Å²) in [5.41, 5.74) is 3.07. The molecule has 0 spiro atoms. The highest BCUT2D eigenvalue weighted by atomic mass is 16.5. The number of benzene rings is 2. The predicted octanol–water partition coefficient (Wildman–Crippen LogP) is 3.86. The molecular formula is C20H17N3O2. The normalized spacial score (nSPS) is 15.8. The number of rotatable bonds is 4. The average Bonchev–Trinajstić information content (AvgIpc) is 2.95. The van der Waals surface area contributed by atoms with Crippen molar-refractivity contribution in [2.24, 2.45) is 0 Å². The highest BCUT2D eigenvalue weighted by Crippen LogP contribution is 2.36. The topological polar surface area (TPSA) is 54.5 Å². The van der Waals surface area contributed by atoms with Gasteiger partial charge in [-0.1, -0.05) is 18.2 Å². The molecule has 1 N–H and O–H groups in total. The molecule has 0 bridgehead atoms. The first kappa shape index (κ1) is 15.2. The van der Waals surface area contributed by atoms with Crippen molar-refractivity contribution in [1.82, 2.24) is 4.98 Å². The number of hydrogen-bond donors (Lipinski definition) is 1. The second-order valence-electron chi connectivity index (χ2n) is 5.72. The molecule has 1 unspecified atom stereocenters. The van der Waals surface area contributed by atoms with Crippen molar-refractivity contribution in [1.29, 1.82) is 0 Å². The van der Waals surface area contributed by atoms with E-state index in [2.05, 4.69) is 10.3 Å². The standard InChI is InChI=1S/C20H17N3O2/c1-25-16-11-9-14(10-12-16)22-19-18-17(8-5-13-21-18)20(24)23(19)15-6-3-2-4-7-15/h2-13,19,22H,1H3. The first-order valence-corrected chi connectivity index (χ1v) is 8.02. The lowest BCUT2D eigenvalue weighted by molar-refractivity contribution is 0.0993. The summed E-state index contributed by atoms with van der Waals surface area (Å²) >= 11 is 0. The van der Waals surface area contributed by atoms with Crippen LogP contribution < -0.4 is 15.0 Å². The molecule has 1 aliphatic rings. The maximum atomic E-state index is 12.9. The summed E-state index contributed by atoms with van der Waals surface area (Å²) in [5, 5.41) is 3.41. The lowest BCUT2D eigenvalue weighted by Crippen LogP contribution is -2.32. The number of anilines is 2. The number of methoxy groups -OCH3 is 1. The van der Waals surface area contributed by atoms with Crippen LogP contribution in [0.3, 0.4) is 0 Å². The monoisotopic (exact) mass is 331 g/mol. The third kappa shape index (κ3) is 2.70. The Hall–Kier alpha value is -3.34. The zero-order valence-electron chi connectivity index (χ0n) is 13.7. The average molecular weight is 331 g/mol. The Morgan fingerprint density at radius 3 is 2.48 bits per heavy atom. The molecular weight excluding hydrogens is 314 g/mol. The Balaban J connectivity index is 1.74. The fourth-order valence-electron chi connectivity index (χ4n) is 3.02. The molecule has 1 aromatic heterocycles. The number of carbonyl (C=O) groups excluding carboxylic acids is 1. The third-order valence-corrected chi connectivity index (χ3v) is 4.23. The SMILES string of the molecule is COc1ccc(NC2c3ncccc3C(=O)N2c2ccccc2)cc1. The molecule has 0 radical (unpaired) electrons. The maximum absolute atomic E-state index is 12.9. The van der Waals surface area contributed by atoms with Gasteiger partial charge in [-0.2, -0.15) is 0 Å². The van der Waals surface area contributed by atoms with Gasteiger partial charge in [0.1, 0.15) is 5.75 Å². The van der Waals surface area contributed by atoms with Crippen molar-refractivity contribution in [3.05, 3.63) is 84.2 Å². The van der Waals surface area contributed by atoms with Crippen LogP contribution in [-0.2, 0) is 0 Å². The minimum atomic E-state index is -0.362. The molecule has 124 valence electrons. The van der Waals surface area contributed by atoms with Crippen molar-refractivity contribution in [2.75, 3.05) is 17.3 Å². The highest BCUT2D eigenvalue weighted by Gasteiger charge is 2.38. The number of ether oxygens (including phenoxy) is 1. The second kappa shape index (κ2) is 6.28. The van der Waals surface area contributed by atoms with Gasteiger partial charge in [0.15, 0.2) is 6.17 Å². The summed E-state index contributed by atoms with van der Waals surface area (Å²) in [5.74, 6) is 0.729. The van der Waals surface area contributed by atoms with E-state index in [9.17, 15) is 4.79 Å². The number of para-hydroxylation sites is 1. The third-order valence-electron chi connectivity index (χ3n) is 4.23. The summed E-state index contributed by atoms with van der Waals surface area (Å²) in [6.45, 7) is 0. The number of hydrogen-bond acceptors (Lipinski definition) is 4. The fourth-order valence-corrected chi connectivity index (χ4v) is 3.02. The Kier molecular flexibility index (Phi) is 3.82. The number of carbonyl (C=O) groups is 1. The molecule has 2 heterocycles. The van der Waals surface area contributed by atoms with Gasteiger partial charge in [-0.3, -0.25) is 14.7 Å². The molecule has 0 aliphatic carbocycles. The number of aromatic nitrogens is 1. The molecule has 1 atom stereocenters.